The molecule has 2 aromatic rings. The van der Waals surface area contributed by atoms with Gasteiger partial charge in [0.05, 0.1) is 34.0 Å². The van der Waals surface area contributed by atoms with Crippen LogP contribution < -0.4 is 14.2 Å². The van der Waals surface area contributed by atoms with E-state index in [1.165, 1.54) is 34.5 Å². The first kappa shape index (κ1) is 19.1. The highest BCUT2D eigenvalue weighted by Gasteiger charge is 2.19. The van der Waals surface area contributed by atoms with Gasteiger partial charge in [0, 0.05) is 12.1 Å². The lowest BCUT2D eigenvalue weighted by atomic mass is 10.1. The number of hydrogen-bond acceptors (Lipinski definition) is 7. The van der Waals surface area contributed by atoms with E-state index < -0.39 is 11.9 Å². The third-order valence-electron chi connectivity index (χ3n) is 3.64. The van der Waals surface area contributed by atoms with E-state index in [2.05, 4.69) is 4.74 Å². The molecule has 2 rings (SSSR count). The molecular formula is C19H20O7. The van der Waals surface area contributed by atoms with Crippen molar-refractivity contribution in [1.29, 1.82) is 0 Å². The van der Waals surface area contributed by atoms with E-state index in [0.717, 1.165) is 0 Å². The molecule has 0 aliphatic heterocycles. The molecule has 0 spiro atoms. The van der Waals surface area contributed by atoms with Gasteiger partial charge in [-0.15, -0.1) is 0 Å². The van der Waals surface area contributed by atoms with Crippen LogP contribution in [0.25, 0.3) is 0 Å². The molecule has 138 valence electrons. The number of methoxy groups -OCH3 is 4. The molecule has 0 radical (unpaired) electrons. The Morgan fingerprint density at radius 1 is 0.808 bits per heavy atom. The van der Waals surface area contributed by atoms with Crippen LogP contribution in [-0.4, -0.2) is 40.4 Å². The van der Waals surface area contributed by atoms with Crippen LogP contribution in [0.2, 0.25) is 0 Å². The van der Waals surface area contributed by atoms with Gasteiger partial charge < -0.3 is 23.7 Å². The Hall–Kier alpha value is -3.22. The van der Waals surface area contributed by atoms with E-state index >= 15 is 0 Å². The fourth-order valence-electron chi connectivity index (χ4n) is 2.32. The molecular weight excluding hydrogens is 340 g/mol. The molecule has 0 atom stereocenters. The second-order valence-corrected chi connectivity index (χ2v) is 5.18. The van der Waals surface area contributed by atoms with E-state index in [0.29, 0.717) is 28.4 Å². The van der Waals surface area contributed by atoms with Crippen LogP contribution in [-0.2, 0) is 16.1 Å². The van der Waals surface area contributed by atoms with Gasteiger partial charge in [-0.3, -0.25) is 0 Å². The minimum absolute atomic E-state index is 0.0127. The summed E-state index contributed by atoms with van der Waals surface area (Å²) in [6, 6.07) is 9.69. The number of benzene rings is 2. The van der Waals surface area contributed by atoms with Crippen LogP contribution in [0.3, 0.4) is 0 Å². The Kier molecular flexibility index (Phi) is 6.43. The Balaban J connectivity index is 2.19. The van der Waals surface area contributed by atoms with Crippen LogP contribution in [0.15, 0.2) is 36.4 Å². The zero-order valence-electron chi connectivity index (χ0n) is 15.0. The molecule has 0 saturated heterocycles. The Morgan fingerprint density at radius 2 is 1.46 bits per heavy atom. The number of carbonyl (C=O) groups is 2. The van der Waals surface area contributed by atoms with Gasteiger partial charge in [0.25, 0.3) is 0 Å². The smallest absolute Gasteiger partial charge is 0.342 e. The Morgan fingerprint density at radius 3 is 2.08 bits per heavy atom. The third kappa shape index (κ3) is 4.24. The lowest BCUT2D eigenvalue weighted by molar-refractivity contribution is 0.0468. The molecule has 0 fully saturated rings. The minimum Gasteiger partial charge on any atom is -0.496 e. The van der Waals surface area contributed by atoms with Crippen molar-refractivity contribution >= 4 is 11.9 Å². The summed E-state index contributed by atoms with van der Waals surface area (Å²) in [5.41, 5.74) is 1.24. The molecule has 7 heteroatoms. The third-order valence-corrected chi connectivity index (χ3v) is 3.64. The number of esters is 2. The second-order valence-electron chi connectivity index (χ2n) is 5.18. The molecule has 7 nitrogen and oxygen atoms in total. The lowest BCUT2D eigenvalue weighted by Gasteiger charge is -2.13. The summed E-state index contributed by atoms with van der Waals surface area (Å²) in [4.78, 5) is 24.0. The average molecular weight is 360 g/mol. The highest BCUT2D eigenvalue weighted by atomic mass is 16.5. The maximum Gasteiger partial charge on any atom is 0.342 e. The molecule has 0 aliphatic carbocycles. The van der Waals surface area contributed by atoms with Gasteiger partial charge in [-0.2, -0.15) is 0 Å². The normalized spacial score (nSPS) is 10.0. The summed E-state index contributed by atoms with van der Waals surface area (Å²) < 4.78 is 25.6. The molecule has 0 N–H and O–H groups in total. The summed E-state index contributed by atoms with van der Waals surface area (Å²) in [5, 5.41) is 0. The van der Waals surface area contributed by atoms with E-state index in [-0.39, 0.29) is 12.2 Å². The van der Waals surface area contributed by atoms with Gasteiger partial charge in [0.2, 0.25) is 0 Å². The summed E-state index contributed by atoms with van der Waals surface area (Å²) in [6.07, 6.45) is 0. The van der Waals surface area contributed by atoms with Crippen LogP contribution in [0.4, 0.5) is 0 Å². The van der Waals surface area contributed by atoms with Crippen molar-refractivity contribution in [3.63, 3.8) is 0 Å². The molecule has 2 aromatic carbocycles. The van der Waals surface area contributed by atoms with Crippen molar-refractivity contribution in [3.8, 4) is 17.2 Å². The minimum atomic E-state index is -0.591. The van der Waals surface area contributed by atoms with Crippen molar-refractivity contribution in [2.45, 2.75) is 6.61 Å². The maximum absolute atomic E-state index is 12.5. The SMILES string of the molecule is COC(=O)c1cccc(COC(=O)c2cc(OC)c(OC)cc2OC)c1. The summed E-state index contributed by atoms with van der Waals surface area (Å²) in [6.45, 7) is -0.0127. The molecule has 0 aliphatic rings. The number of carbonyl (C=O) groups excluding carboxylic acids is 2. The van der Waals surface area contributed by atoms with Crippen LogP contribution >= 0.6 is 0 Å². The van der Waals surface area contributed by atoms with Gasteiger partial charge in [-0.25, -0.2) is 9.59 Å². The first-order valence-electron chi connectivity index (χ1n) is 7.68. The van der Waals surface area contributed by atoms with E-state index in [1.54, 1.807) is 30.3 Å². The maximum atomic E-state index is 12.5. The molecule has 0 aromatic heterocycles. The van der Waals surface area contributed by atoms with Crippen molar-refractivity contribution in [2.75, 3.05) is 28.4 Å². The predicted molar refractivity (Wildman–Crippen MR) is 93.0 cm³/mol. The van der Waals surface area contributed by atoms with Crippen LogP contribution in [0.1, 0.15) is 26.3 Å². The summed E-state index contributed by atoms with van der Waals surface area (Å²) in [7, 11) is 5.71. The van der Waals surface area contributed by atoms with Gasteiger partial charge in [0.15, 0.2) is 11.5 Å². The highest BCUT2D eigenvalue weighted by Crippen LogP contribution is 2.35. The molecule has 0 unspecified atom stereocenters. The number of rotatable bonds is 7. The van der Waals surface area contributed by atoms with Crippen LogP contribution in [0, 0.1) is 0 Å². The quantitative estimate of drug-likeness (QED) is 0.702. The van der Waals surface area contributed by atoms with Gasteiger partial charge in [-0.05, 0) is 17.7 Å². The first-order valence-corrected chi connectivity index (χ1v) is 7.68. The zero-order valence-corrected chi connectivity index (χ0v) is 15.0. The fourth-order valence-corrected chi connectivity index (χ4v) is 2.32. The average Bonchev–Trinajstić information content (AvgIpc) is 2.70. The monoisotopic (exact) mass is 360 g/mol. The van der Waals surface area contributed by atoms with Crippen LogP contribution in [0.5, 0.6) is 17.2 Å². The van der Waals surface area contributed by atoms with Crippen molar-refractivity contribution in [3.05, 3.63) is 53.1 Å². The molecule has 0 bridgehead atoms. The predicted octanol–water partition coefficient (Wildman–Crippen LogP) is 2.86. The van der Waals surface area contributed by atoms with E-state index in [9.17, 15) is 9.59 Å². The summed E-state index contributed by atoms with van der Waals surface area (Å²) in [5.74, 6) is 0.0709. The lowest BCUT2D eigenvalue weighted by Crippen LogP contribution is -2.09. The topological polar surface area (TPSA) is 80.3 Å². The number of hydrogen-bond donors (Lipinski definition) is 0. The van der Waals surface area contributed by atoms with E-state index in [1.807, 2.05) is 0 Å². The first-order chi connectivity index (χ1) is 12.5. The highest BCUT2D eigenvalue weighted by molar-refractivity contribution is 5.93. The zero-order chi connectivity index (χ0) is 19.1. The Labute approximate surface area is 151 Å². The van der Waals surface area contributed by atoms with Gasteiger partial charge >= 0.3 is 11.9 Å². The molecule has 0 amide bonds. The van der Waals surface area contributed by atoms with E-state index in [4.69, 9.17) is 18.9 Å². The summed E-state index contributed by atoms with van der Waals surface area (Å²) >= 11 is 0. The largest absolute Gasteiger partial charge is 0.496 e. The van der Waals surface area contributed by atoms with Crippen molar-refractivity contribution in [1.82, 2.24) is 0 Å². The van der Waals surface area contributed by atoms with Crippen molar-refractivity contribution < 1.29 is 33.3 Å². The Bertz CT molecular complexity index is 798. The molecule has 0 saturated carbocycles. The standard InChI is InChI=1S/C19H20O7/c1-22-15-10-17(24-3)16(23-2)9-14(15)19(21)26-11-12-6-5-7-13(8-12)18(20)25-4/h5-10H,11H2,1-4H3. The number of ether oxygens (including phenoxy) is 5. The second kappa shape index (κ2) is 8.75. The fraction of sp³-hybridized carbons (Fsp3) is 0.263. The van der Waals surface area contributed by atoms with Crippen molar-refractivity contribution in [2.24, 2.45) is 0 Å². The molecule has 0 heterocycles. The van der Waals surface area contributed by atoms with Gasteiger partial charge in [-0.1, -0.05) is 12.1 Å². The molecule has 26 heavy (non-hydrogen) atoms. The van der Waals surface area contributed by atoms with Gasteiger partial charge in [0.1, 0.15) is 17.9 Å².